The van der Waals surface area contributed by atoms with Gasteiger partial charge in [-0.1, -0.05) is 0 Å². The lowest BCUT2D eigenvalue weighted by molar-refractivity contribution is 1.41. The summed E-state index contributed by atoms with van der Waals surface area (Å²) < 4.78 is 0. The molecule has 0 aromatic carbocycles. The van der Waals surface area contributed by atoms with Gasteiger partial charge in [0, 0.05) is 0 Å². The minimum absolute atomic E-state index is 1.33. The van der Waals surface area contributed by atoms with Crippen molar-refractivity contribution in [2.75, 3.05) is 0 Å². The normalized spacial score (nSPS) is 16.9. The first kappa shape index (κ1) is 4.42. The van der Waals surface area contributed by atoms with Crippen LogP contribution in [0.4, 0.5) is 0 Å². The average molecular weight is 92.1 g/mol. The quantitative estimate of drug-likeness (QED) is 0.401. The molecule has 0 nitrogen and oxygen atoms in total. The van der Waals surface area contributed by atoms with Crippen molar-refractivity contribution in [1.82, 2.24) is 0 Å². The molecule has 1 aliphatic rings. The van der Waals surface area contributed by atoms with Crippen LogP contribution in [0.25, 0.3) is 0 Å². The standard InChI is InChI=1S/C7H8/c1-6-4-3-5-7(6)2/h4-5H,1-2H3. The van der Waals surface area contributed by atoms with Crippen molar-refractivity contribution >= 4 is 0 Å². The summed E-state index contributed by atoms with van der Waals surface area (Å²) in [5.74, 6) is 0. The Balaban J connectivity index is 2.97. The van der Waals surface area contributed by atoms with Gasteiger partial charge < -0.3 is 0 Å². The maximum Gasteiger partial charge on any atom is -0.0168 e. The molecule has 0 aromatic rings. The van der Waals surface area contributed by atoms with Gasteiger partial charge in [0.15, 0.2) is 0 Å². The highest BCUT2D eigenvalue weighted by Crippen LogP contribution is 2.09. The Bertz CT molecular complexity index is 148. The Labute approximate surface area is 43.9 Å². The van der Waals surface area contributed by atoms with Crippen molar-refractivity contribution in [3.63, 3.8) is 0 Å². The molecule has 0 atom stereocenters. The molecule has 0 spiro atoms. The highest BCUT2D eigenvalue weighted by atomic mass is 13.9. The largest absolute Gasteiger partial charge is 0.120 e. The summed E-state index contributed by atoms with van der Waals surface area (Å²) in [6.45, 7) is 4.18. The second kappa shape index (κ2) is 1.40. The van der Waals surface area contributed by atoms with Gasteiger partial charge in [-0.2, -0.15) is 0 Å². The SMILES string of the molecule is CC1=C(C)C=C=C1. The van der Waals surface area contributed by atoms with Crippen molar-refractivity contribution in [2.45, 2.75) is 13.8 Å². The Morgan fingerprint density at radius 3 is 1.71 bits per heavy atom. The molecule has 0 radical (unpaired) electrons. The fourth-order valence-corrected chi connectivity index (χ4v) is 0.519. The van der Waals surface area contributed by atoms with Crippen LogP contribution < -0.4 is 0 Å². The van der Waals surface area contributed by atoms with Gasteiger partial charge in [0.1, 0.15) is 0 Å². The van der Waals surface area contributed by atoms with Gasteiger partial charge in [0.25, 0.3) is 0 Å². The zero-order chi connectivity index (χ0) is 5.28. The van der Waals surface area contributed by atoms with Crippen LogP contribution in [0, 0.1) is 0 Å². The van der Waals surface area contributed by atoms with E-state index in [9.17, 15) is 0 Å². The molecular weight excluding hydrogens is 84.1 g/mol. The van der Waals surface area contributed by atoms with Crippen LogP contribution in [0.15, 0.2) is 29.0 Å². The van der Waals surface area contributed by atoms with Crippen LogP contribution in [0.1, 0.15) is 13.8 Å². The number of rotatable bonds is 0. The van der Waals surface area contributed by atoms with Gasteiger partial charge >= 0.3 is 0 Å². The van der Waals surface area contributed by atoms with E-state index in [1.807, 2.05) is 12.2 Å². The molecule has 0 amide bonds. The van der Waals surface area contributed by atoms with Crippen LogP contribution in [0.2, 0.25) is 0 Å². The van der Waals surface area contributed by atoms with Gasteiger partial charge in [-0.3, -0.25) is 0 Å². The van der Waals surface area contributed by atoms with Gasteiger partial charge in [0.05, 0.1) is 0 Å². The highest BCUT2D eigenvalue weighted by molar-refractivity contribution is 5.35. The predicted octanol–water partition coefficient (Wildman–Crippen LogP) is 2.05. The van der Waals surface area contributed by atoms with E-state index in [-0.39, 0.29) is 0 Å². The molecule has 0 aliphatic heterocycles. The van der Waals surface area contributed by atoms with Crippen LogP contribution in [-0.2, 0) is 0 Å². The van der Waals surface area contributed by atoms with Crippen molar-refractivity contribution < 1.29 is 0 Å². The van der Waals surface area contributed by atoms with Gasteiger partial charge in [0.2, 0.25) is 0 Å². The molecular formula is C7H8. The van der Waals surface area contributed by atoms with E-state index in [1.165, 1.54) is 11.1 Å². The second-order valence-corrected chi connectivity index (χ2v) is 1.82. The minimum atomic E-state index is 1.33. The number of hydrogen-bond acceptors (Lipinski definition) is 0. The summed E-state index contributed by atoms with van der Waals surface area (Å²) in [5.41, 5.74) is 5.66. The zero-order valence-corrected chi connectivity index (χ0v) is 4.65. The van der Waals surface area contributed by atoms with Crippen molar-refractivity contribution in [3.05, 3.63) is 29.0 Å². The van der Waals surface area contributed by atoms with E-state index in [4.69, 9.17) is 0 Å². The highest BCUT2D eigenvalue weighted by Gasteiger charge is 1.90. The van der Waals surface area contributed by atoms with Crippen LogP contribution in [-0.4, -0.2) is 0 Å². The fourth-order valence-electron chi connectivity index (χ4n) is 0.519. The van der Waals surface area contributed by atoms with E-state index in [1.54, 1.807) is 0 Å². The molecule has 0 N–H and O–H groups in total. The molecule has 0 heterocycles. The first-order chi connectivity index (χ1) is 3.30. The molecule has 0 fully saturated rings. The van der Waals surface area contributed by atoms with E-state index in [0.717, 1.165) is 0 Å². The molecule has 0 saturated carbocycles. The summed E-state index contributed by atoms with van der Waals surface area (Å²) in [7, 11) is 0. The van der Waals surface area contributed by atoms with E-state index < -0.39 is 0 Å². The lowest BCUT2D eigenvalue weighted by Gasteiger charge is -1.85. The first-order valence-corrected chi connectivity index (χ1v) is 2.40. The Morgan fingerprint density at radius 1 is 1.14 bits per heavy atom. The van der Waals surface area contributed by atoms with E-state index >= 15 is 0 Å². The maximum atomic E-state index is 3.00. The third kappa shape index (κ3) is 0.652. The van der Waals surface area contributed by atoms with E-state index in [2.05, 4.69) is 19.6 Å². The number of hydrogen-bond donors (Lipinski definition) is 0. The minimum Gasteiger partial charge on any atom is -0.120 e. The predicted molar refractivity (Wildman–Crippen MR) is 31.0 cm³/mol. The molecule has 1 aliphatic carbocycles. The van der Waals surface area contributed by atoms with Crippen molar-refractivity contribution in [3.8, 4) is 0 Å². The molecule has 0 saturated heterocycles. The summed E-state index contributed by atoms with van der Waals surface area (Å²) in [6, 6.07) is 0. The first-order valence-electron chi connectivity index (χ1n) is 2.40. The molecule has 1 rings (SSSR count). The summed E-state index contributed by atoms with van der Waals surface area (Å²) in [4.78, 5) is 0. The molecule has 0 heteroatoms. The van der Waals surface area contributed by atoms with Crippen LogP contribution in [0.3, 0.4) is 0 Å². The zero-order valence-electron chi connectivity index (χ0n) is 4.65. The smallest absolute Gasteiger partial charge is 0.0168 e. The average Bonchev–Trinajstić information content (AvgIpc) is 1.91. The molecule has 7 heavy (non-hydrogen) atoms. The third-order valence-corrected chi connectivity index (χ3v) is 1.22. The van der Waals surface area contributed by atoms with Crippen molar-refractivity contribution in [2.24, 2.45) is 0 Å². The van der Waals surface area contributed by atoms with E-state index in [0.29, 0.717) is 0 Å². The topological polar surface area (TPSA) is 0 Å². The Hall–Kier alpha value is -0.740. The van der Waals surface area contributed by atoms with Gasteiger partial charge in [-0.15, -0.1) is 5.73 Å². The summed E-state index contributed by atoms with van der Waals surface area (Å²) >= 11 is 0. The molecule has 0 unspecified atom stereocenters. The van der Waals surface area contributed by atoms with Crippen molar-refractivity contribution in [1.29, 1.82) is 0 Å². The second-order valence-electron chi connectivity index (χ2n) is 1.82. The van der Waals surface area contributed by atoms with Crippen LogP contribution >= 0.6 is 0 Å². The molecule has 0 aromatic heterocycles. The summed E-state index contributed by atoms with van der Waals surface area (Å²) in [5, 5.41) is 0. The Morgan fingerprint density at radius 2 is 1.57 bits per heavy atom. The lowest BCUT2D eigenvalue weighted by Crippen LogP contribution is -1.66. The monoisotopic (exact) mass is 92.1 g/mol. The van der Waals surface area contributed by atoms with Gasteiger partial charge in [-0.25, -0.2) is 0 Å². The molecule has 0 bridgehead atoms. The number of allylic oxidation sites excluding steroid dienone is 3. The third-order valence-electron chi connectivity index (χ3n) is 1.22. The van der Waals surface area contributed by atoms with Crippen LogP contribution in [0.5, 0.6) is 0 Å². The Kier molecular flexibility index (Phi) is 0.883. The van der Waals surface area contributed by atoms with Gasteiger partial charge in [-0.05, 0) is 37.1 Å². The maximum absolute atomic E-state index is 3.00. The molecule has 36 valence electrons. The fraction of sp³-hybridized carbons (Fsp3) is 0.286. The lowest BCUT2D eigenvalue weighted by atomic mass is 10.2. The summed E-state index contributed by atoms with van der Waals surface area (Å²) in [6.07, 6.45) is 3.99.